The van der Waals surface area contributed by atoms with Gasteiger partial charge in [0.1, 0.15) is 29.4 Å². The molecule has 4 rings (SSSR count). The number of hydrogen-bond donors (Lipinski definition) is 1. The Hall–Kier alpha value is -2.82. The van der Waals surface area contributed by atoms with Gasteiger partial charge in [-0.3, -0.25) is 14.2 Å². The number of carbonyl (C=O) groups is 2. The number of hydrogen-bond acceptors (Lipinski definition) is 8. The molecule has 1 saturated heterocycles. The molecule has 1 aromatic heterocycles. The summed E-state index contributed by atoms with van der Waals surface area (Å²) in [6, 6.07) is 3.03. The van der Waals surface area contributed by atoms with Crippen LogP contribution in [0.25, 0.3) is 10.9 Å². The molecule has 0 unspecified atom stereocenters. The molecule has 2 fully saturated rings. The number of amides is 1. The fourth-order valence-electron chi connectivity index (χ4n) is 5.19. The Morgan fingerprint density at radius 1 is 1.02 bits per heavy atom. The second kappa shape index (κ2) is 12.6. The number of piperidine rings is 1. The Morgan fingerprint density at radius 3 is 2.27 bits per heavy atom. The van der Waals surface area contributed by atoms with E-state index in [0.717, 1.165) is 38.5 Å². The van der Waals surface area contributed by atoms with Crippen molar-refractivity contribution in [3.63, 3.8) is 0 Å². The quantitative estimate of drug-likeness (QED) is 0.400. The number of aromatic nitrogens is 2. The van der Waals surface area contributed by atoms with E-state index in [0.29, 0.717) is 35.9 Å². The maximum absolute atomic E-state index is 15.1. The maximum Gasteiger partial charge on any atom is 0.410 e. The van der Waals surface area contributed by atoms with Gasteiger partial charge >= 0.3 is 12.1 Å². The molecule has 0 spiro atoms. The summed E-state index contributed by atoms with van der Waals surface area (Å²) in [5, 5.41) is 3.65. The van der Waals surface area contributed by atoms with Crippen LogP contribution in [-0.2, 0) is 26.6 Å². The molecule has 2 aromatic rings. The number of thioether (sulfide) groups is 1. The number of nitrogens with zero attached hydrogens (tertiary/aromatic N) is 3. The molecule has 11 heteroatoms. The highest BCUT2D eigenvalue weighted by Gasteiger charge is 2.28. The summed E-state index contributed by atoms with van der Waals surface area (Å²) in [7, 11) is 0. The smallest absolute Gasteiger partial charge is 0.410 e. The van der Waals surface area contributed by atoms with Crippen LogP contribution in [0, 0.1) is 5.82 Å². The molecule has 2 heterocycles. The number of anilines is 1. The molecule has 41 heavy (non-hydrogen) atoms. The van der Waals surface area contributed by atoms with Gasteiger partial charge in [0.15, 0.2) is 0 Å². The van der Waals surface area contributed by atoms with E-state index in [1.807, 2.05) is 20.8 Å². The number of likely N-dealkylation sites (tertiary alicyclic amines) is 1. The van der Waals surface area contributed by atoms with Crippen molar-refractivity contribution in [1.82, 2.24) is 14.5 Å². The topological polar surface area (TPSA) is 103 Å². The second-order valence-electron chi connectivity index (χ2n) is 13.0. The lowest BCUT2D eigenvalue weighted by Gasteiger charge is -2.33. The van der Waals surface area contributed by atoms with Gasteiger partial charge in [-0.05, 0) is 79.4 Å². The van der Waals surface area contributed by atoms with E-state index in [-0.39, 0.29) is 29.3 Å². The average Bonchev–Trinajstić information content (AvgIpc) is 3.37. The molecule has 1 aliphatic carbocycles. The van der Waals surface area contributed by atoms with E-state index in [4.69, 9.17) is 14.5 Å². The Kier molecular flexibility index (Phi) is 9.56. The lowest BCUT2D eigenvalue weighted by atomic mass is 10.1. The van der Waals surface area contributed by atoms with E-state index in [9.17, 15) is 14.4 Å². The van der Waals surface area contributed by atoms with E-state index < -0.39 is 28.5 Å². The number of esters is 1. The van der Waals surface area contributed by atoms with Crippen molar-refractivity contribution in [1.29, 1.82) is 0 Å². The van der Waals surface area contributed by atoms with Crippen LogP contribution in [0.4, 0.5) is 14.9 Å². The summed E-state index contributed by atoms with van der Waals surface area (Å²) < 4.78 is 27.4. The third kappa shape index (κ3) is 8.59. The first-order valence-corrected chi connectivity index (χ1v) is 15.5. The normalized spacial score (nSPS) is 17.2. The number of halogens is 1. The Morgan fingerprint density at radius 2 is 1.66 bits per heavy atom. The summed E-state index contributed by atoms with van der Waals surface area (Å²) in [4.78, 5) is 45.3. The highest BCUT2D eigenvalue weighted by molar-refractivity contribution is 7.99. The van der Waals surface area contributed by atoms with E-state index in [1.165, 1.54) is 10.6 Å². The summed E-state index contributed by atoms with van der Waals surface area (Å²) in [6.07, 6.45) is 5.42. The Balaban J connectivity index is 1.55. The van der Waals surface area contributed by atoms with Crippen LogP contribution in [0.1, 0.15) is 85.9 Å². The molecule has 1 N–H and O–H groups in total. The van der Waals surface area contributed by atoms with Crippen LogP contribution in [0.2, 0.25) is 0 Å². The minimum atomic E-state index is -0.713. The number of benzene rings is 1. The predicted molar refractivity (Wildman–Crippen MR) is 160 cm³/mol. The van der Waals surface area contributed by atoms with Gasteiger partial charge in [0.05, 0.1) is 22.3 Å². The van der Waals surface area contributed by atoms with Crippen molar-refractivity contribution >= 4 is 40.4 Å². The molecule has 2 aliphatic rings. The van der Waals surface area contributed by atoms with Gasteiger partial charge in [0.2, 0.25) is 0 Å². The highest BCUT2D eigenvalue weighted by Crippen LogP contribution is 2.29. The molecule has 0 atom stereocenters. The molecular formula is C30H43FN4O5S. The molecule has 226 valence electrons. The van der Waals surface area contributed by atoms with Crippen LogP contribution in [0.15, 0.2) is 16.9 Å². The van der Waals surface area contributed by atoms with Crippen molar-refractivity contribution < 1.29 is 23.5 Å². The van der Waals surface area contributed by atoms with Gasteiger partial charge in [-0.15, -0.1) is 0 Å². The number of ether oxygens (including phenoxy) is 2. The molecule has 9 nitrogen and oxygen atoms in total. The first-order valence-electron chi connectivity index (χ1n) is 14.5. The number of rotatable bonds is 7. The second-order valence-corrected chi connectivity index (χ2v) is 14.2. The van der Waals surface area contributed by atoms with Crippen LogP contribution in [0.3, 0.4) is 0 Å². The zero-order valence-electron chi connectivity index (χ0n) is 25.0. The first kappa shape index (κ1) is 31.1. The first-order chi connectivity index (χ1) is 19.2. The zero-order chi connectivity index (χ0) is 29.9. The Labute approximate surface area is 245 Å². The van der Waals surface area contributed by atoms with Gasteiger partial charge in [-0.2, -0.15) is 11.8 Å². The Bertz CT molecular complexity index is 1320. The van der Waals surface area contributed by atoms with Gasteiger partial charge in [0, 0.05) is 24.4 Å². The van der Waals surface area contributed by atoms with Crippen molar-refractivity contribution in [2.24, 2.45) is 0 Å². The SMILES string of the molecule is CC(C)(C)OC(=O)Cn1c(CSC2CCN(C(=O)OC(C)(C)C)CC2)nc2cc(NC3CCCC3)c(F)cc2c1=O. The van der Waals surface area contributed by atoms with E-state index in [2.05, 4.69) is 5.32 Å². The van der Waals surface area contributed by atoms with Crippen molar-refractivity contribution in [3.8, 4) is 0 Å². The fraction of sp³-hybridized carbons (Fsp3) is 0.667. The van der Waals surface area contributed by atoms with Gasteiger partial charge in [-0.25, -0.2) is 14.2 Å². The lowest BCUT2D eigenvalue weighted by Crippen LogP contribution is -2.42. The van der Waals surface area contributed by atoms with Crippen LogP contribution in [-0.4, -0.2) is 62.1 Å². The monoisotopic (exact) mass is 590 g/mol. The molecule has 1 aliphatic heterocycles. The van der Waals surface area contributed by atoms with Crippen LogP contribution < -0.4 is 10.9 Å². The zero-order valence-corrected chi connectivity index (χ0v) is 25.9. The minimum absolute atomic E-state index is 0.127. The number of fused-ring (bicyclic) bond motifs is 1. The summed E-state index contributed by atoms with van der Waals surface area (Å²) in [5.41, 5.74) is -0.989. The van der Waals surface area contributed by atoms with Crippen molar-refractivity contribution in [2.75, 3.05) is 18.4 Å². The number of nitrogens with one attached hydrogen (secondary N) is 1. The summed E-state index contributed by atoms with van der Waals surface area (Å²) >= 11 is 1.64. The lowest BCUT2D eigenvalue weighted by molar-refractivity contribution is -0.155. The maximum atomic E-state index is 15.1. The molecule has 0 radical (unpaired) electrons. The fourth-order valence-corrected chi connectivity index (χ4v) is 6.34. The van der Waals surface area contributed by atoms with Gasteiger partial charge < -0.3 is 19.7 Å². The predicted octanol–water partition coefficient (Wildman–Crippen LogP) is 5.86. The third-order valence-electron chi connectivity index (χ3n) is 7.09. The van der Waals surface area contributed by atoms with E-state index >= 15 is 4.39 Å². The molecule has 0 bridgehead atoms. The molecular weight excluding hydrogens is 547 g/mol. The van der Waals surface area contributed by atoms with Crippen LogP contribution >= 0.6 is 11.8 Å². The number of carbonyl (C=O) groups excluding carboxylic acids is 2. The average molecular weight is 591 g/mol. The highest BCUT2D eigenvalue weighted by atomic mass is 32.2. The molecule has 1 saturated carbocycles. The van der Waals surface area contributed by atoms with Crippen LogP contribution in [0.5, 0.6) is 0 Å². The third-order valence-corrected chi connectivity index (χ3v) is 8.45. The van der Waals surface area contributed by atoms with Gasteiger partial charge in [0.25, 0.3) is 5.56 Å². The molecule has 1 aromatic carbocycles. The molecule has 1 amide bonds. The standard InChI is InChI=1S/C30H43FN4O5S/c1-29(2,3)39-26(36)17-35-25(18-41-20-11-13-34(14-12-20)28(38)40-30(4,5)6)33-23-16-24(32-19-9-7-8-10-19)22(31)15-21(23)27(35)37/h15-16,19-20,32H,7-14,17-18H2,1-6H3. The largest absolute Gasteiger partial charge is 0.459 e. The van der Waals surface area contributed by atoms with E-state index in [1.54, 1.807) is 43.5 Å². The summed E-state index contributed by atoms with van der Waals surface area (Å²) in [6.45, 7) is 11.7. The van der Waals surface area contributed by atoms with Gasteiger partial charge in [-0.1, -0.05) is 12.8 Å². The minimum Gasteiger partial charge on any atom is -0.459 e. The van der Waals surface area contributed by atoms with Crippen molar-refractivity contribution in [3.05, 3.63) is 34.1 Å². The summed E-state index contributed by atoms with van der Waals surface area (Å²) in [5.74, 6) is -0.247. The van der Waals surface area contributed by atoms with Crippen molar-refractivity contribution in [2.45, 2.75) is 115 Å².